The van der Waals surface area contributed by atoms with Crippen molar-refractivity contribution in [2.24, 2.45) is 0 Å². The molecule has 0 spiro atoms. The van der Waals surface area contributed by atoms with Crippen LogP contribution in [0.3, 0.4) is 0 Å². The summed E-state index contributed by atoms with van der Waals surface area (Å²) in [6.07, 6.45) is 4.34. The first kappa shape index (κ1) is 14.1. The number of aliphatic hydroxyl groups is 1. The van der Waals surface area contributed by atoms with Crippen molar-refractivity contribution in [3.05, 3.63) is 0 Å². The summed E-state index contributed by atoms with van der Waals surface area (Å²) in [6, 6.07) is -0.0308. The number of piperidine rings is 1. The molecule has 1 aromatic rings. The van der Waals surface area contributed by atoms with Crippen molar-refractivity contribution in [3.63, 3.8) is 0 Å². The maximum Gasteiger partial charge on any atom is 0.187 e. The topological polar surface area (TPSA) is 96.5 Å². The standard InChI is InChI=1S/C12H19N3O3S2/c13-11-10(20(17,18)9-4-5-9)12(19-14-11)15-6-2-1-3-8(15)7-16/h8-9,16H,1-7H2,(H2,13,14). The first-order chi connectivity index (χ1) is 9.55. The summed E-state index contributed by atoms with van der Waals surface area (Å²) >= 11 is 1.13. The highest BCUT2D eigenvalue weighted by molar-refractivity contribution is 7.92. The van der Waals surface area contributed by atoms with Gasteiger partial charge in [-0.3, -0.25) is 0 Å². The smallest absolute Gasteiger partial charge is 0.187 e. The van der Waals surface area contributed by atoms with Gasteiger partial charge in [-0.05, 0) is 43.6 Å². The van der Waals surface area contributed by atoms with Crippen LogP contribution in [0.2, 0.25) is 0 Å². The van der Waals surface area contributed by atoms with Gasteiger partial charge in [0.15, 0.2) is 15.7 Å². The Morgan fingerprint density at radius 3 is 2.75 bits per heavy atom. The van der Waals surface area contributed by atoms with Crippen molar-refractivity contribution in [1.29, 1.82) is 0 Å². The number of hydrogen-bond donors (Lipinski definition) is 2. The van der Waals surface area contributed by atoms with Gasteiger partial charge in [0.2, 0.25) is 0 Å². The Hall–Kier alpha value is -0.860. The minimum Gasteiger partial charge on any atom is -0.394 e. The van der Waals surface area contributed by atoms with Gasteiger partial charge in [-0.15, -0.1) is 0 Å². The predicted molar refractivity (Wildman–Crippen MR) is 78.8 cm³/mol. The molecule has 2 aliphatic rings. The first-order valence-corrected chi connectivity index (χ1v) is 9.24. The van der Waals surface area contributed by atoms with E-state index >= 15 is 0 Å². The summed E-state index contributed by atoms with van der Waals surface area (Å²) in [6.45, 7) is 0.779. The highest BCUT2D eigenvalue weighted by atomic mass is 32.2. The molecule has 0 radical (unpaired) electrons. The summed E-state index contributed by atoms with van der Waals surface area (Å²) in [5, 5.41) is 9.83. The zero-order valence-electron chi connectivity index (χ0n) is 11.2. The van der Waals surface area contributed by atoms with Crippen LogP contribution >= 0.6 is 11.5 Å². The summed E-state index contributed by atoms with van der Waals surface area (Å²) in [4.78, 5) is 2.18. The number of aromatic nitrogens is 1. The predicted octanol–water partition coefficient (Wildman–Crippen LogP) is 1.01. The number of sulfone groups is 1. The molecule has 20 heavy (non-hydrogen) atoms. The molecule has 1 saturated heterocycles. The van der Waals surface area contributed by atoms with E-state index in [-0.39, 0.29) is 28.6 Å². The van der Waals surface area contributed by atoms with Crippen molar-refractivity contribution in [2.45, 2.75) is 48.3 Å². The third kappa shape index (κ3) is 2.29. The van der Waals surface area contributed by atoms with E-state index in [0.717, 1.165) is 37.3 Å². The minimum absolute atomic E-state index is 0.0285. The van der Waals surface area contributed by atoms with Crippen molar-refractivity contribution in [2.75, 3.05) is 23.8 Å². The molecule has 8 heteroatoms. The number of hydrogen-bond acceptors (Lipinski definition) is 7. The Morgan fingerprint density at radius 1 is 1.35 bits per heavy atom. The first-order valence-electron chi connectivity index (χ1n) is 6.92. The van der Waals surface area contributed by atoms with E-state index in [9.17, 15) is 13.5 Å². The van der Waals surface area contributed by atoms with Gasteiger partial charge in [-0.25, -0.2) is 8.42 Å². The Labute approximate surface area is 122 Å². The number of anilines is 2. The molecule has 1 aliphatic carbocycles. The Morgan fingerprint density at radius 2 is 2.10 bits per heavy atom. The quantitative estimate of drug-likeness (QED) is 0.860. The lowest BCUT2D eigenvalue weighted by molar-refractivity contribution is 0.240. The van der Waals surface area contributed by atoms with Crippen molar-refractivity contribution >= 4 is 32.2 Å². The van der Waals surface area contributed by atoms with Crippen LogP contribution in [0, 0.1) is 0 Å². The van der Waals surface area contributed by atoms with Crippen LogP contribution in [-0.2, 0) is 9.84 Å². The third-order valence-electron chi connectivity index (χ3n) is 4.00. The highest BCUT2D eigenvalue weighted by Gasteiger charge is 2.42. The number of nitrogens with two attached hydrogens (primary N) is 1. The minimum atomic E-state index is -3.37. The molecule has 0 bridgehead atoms. The van der Waals surface area contributed by atoms with Crippen LogP contribution < -0.4 is 10.6 Å². The van der Waals surface area contributed by atoms with E-state index in [1.165, 1.54) is 0 Å². The molecule has 1 unspecified atom stereocenters. The van der Waals surface area contributed by atoms with E-state index in [1.807, 2.05) is 4.90 Å². The van der Waals surface area contributed by atoms with Crippen LogP contribution in [0.15, 0.2) is 4.90 Å². The zero-order chi connectivity index (χ0) is 14.3. The van der Waals surface area contributed by atoms with Gasteiger partial charge in [0.05, 0.1) is 17.9 Å². The molecule has 6 nitrogen and oxygen atoms in total. The second-order valence-electron chi connectivity index (χ2n) is 5.47. The molecule has 1 aromatic heterocycles. The molecule has 0 amide bonds. The fourth-order valence-corrected chi connectivity index (χ4v) is 5.85. The van der Waals surface area contributed by atoms with E-state index in [1.54, 1.807) is 0 Å². The highest BCUT2D eigenvalue weighted by Crippen LogP contribution is 2.43. The average molecular weight is 317 g/mol. The number of nitrogens with zero attached hydrogens (tertiary/aromatic N) is 2. The molecule has 2 fully saturated rings. The summed E-state index contributed by atoms with van der Waals surface area (Å²) in [7, 11) is -3.37. The molecule has 1 atom stereocenters. The lowest BCUT2D eigenvalue weighted by Gasteiger charge is -2.35. The molecule has 1 saturated carbocycles. The van der Waals surface area contributed by atoms with Crippen LogP contribution in [0.5, 0.6) is 0 Å². The monoisotopic (exact) mass is 317 g/mol. The molecule has 0 aromatic carbocycles. The SMILES string of the molecule is Nc1nsc(N2CCCCC2CO)c1S(=O)(=O)C1CC1. The zero-order valence-corrected chi connectivity index (χ0v) is 12.8. The van der Waals surface area contributed by atoms with Crippen molar-refractivity contribution < 1.29 is 13.5 Å². The normalized spacial score (nSPS) is 24.1. The van der Waals surface area contributed by atoms with Crippen molar-refractivity contribution in [1.82, 2.24) is 4.37 Å². The van der Waals surface area contributed by atoms with E-state index in [4.69, 9.17) is 5.73 Å². The number of aliphatic hydroxyl groups excluding tert-OH is 1. The van der Waals surface area contributed by atoms with Gasteiger partial charge < -0.3 is 15.7 Å². The number of nitrogen functional groups attached to an aromatic ring is 1. The fraction of sp³-hybridized carbons (Fsp3) is 0.750. The lowest BCUT2D eigenvalue weighted by atomic mass is 10.0. The summed E-state index contributed by atoms with van der Waals surface area (Å²) in [5.41, 5.74) is 5.82. The average Bonchev–Trinajstić information content (AvgIpc) is 3.22. The van der Waals surface area contributed by atoms with Crippen molar-refractivity contribution in [3.8, 4) is 0 Å². The molecular weight excluding hydrogens is 298 g/mol. The molecule has 1 aliphatic heterocycles. The fourth-order valence-electron chi connectivity index (χ4n) is 2.74. The molecule has 2 heterocycles. The molecular formula is C12H19N3O3S2. The molecule has 3 rings (SSSR count). The number of rotatable bonds is 4. The van der Waals surface area contributed by atoms with E-state index < -0.39 is 9.84 Å². The maximum absolute atomic E-state index is 12.5. The lowest BCUT2D eigenvalue weighted by Crippen LogP contribution is -2.42. The summed E-state index contributed by atoms with van der Waals surface area (Å²) < 4.78 is 29.1. The van der Waals surface area contributed by atoms with Gasteiger partial charge >= 0.3 is 0 Å². The maximum atomic E-state index is 12.5. The van der Waals surface area contributed by atoms with Gasteiger partial charge in [0.1, 0.15) is 9.90 Å². The van der Waals surface area contributed by atoms with Gasteiger partial charge in [0.25, 0.3) is 0 Å². The molecule has 3 N–H and O–H groups in total. The van der Waals surface area contributed by atoms with Crippen LogP contribution in [-0.4, -0.2) is 42.3 Å². The summed E-state index contributed by atoms with van der Waals surface area (Å²) in [5.74, 6) is 0.110. The third-order valence-corrected chi connectivity index (χ3v) is 7.35. The second-order valence-corrected chi connectivity index (χ2v) is 8.39. The van der Waals surface area contributed by atoms with Crippen LogP contribution in [0.1, 0.15) is 32.1 Å². The Balaban J connectivity index is 2.02. The van der Waals surface area contributed by atoms with Gasteiger partial charge in [0, 0.05) is 6.54 Å². The Bertz CT molecular complexity index is 595. The van der Waals surface area contributed by atoms with Crippen LogP contribution in [0.25, 0.3) is 0 Å². The Kier molecular flexibility index (Phi) is 3.64. The molecule has 112 valence electrons. The van der Waals surface area contributed by atoms with Crippen LogP contribution in [0.4, 0.5) is 10.8 Å². The van der Waals surface area contributed by atoms with Gasteiger partial charge in [-0.1, -0.05) is 0 Å². The van der Waals surface area contributed by atoms with E-state index in [2.05, 4.69) is 4.37 Å². The van der Waals surface area contributed by atoms with Gasteiger partial charge in [-0.2, -0.15) is 4.37 Å². The second kappa shape index (κ2) is 5.16. The largest absolute Gasteiger partial charge is 0.394 e. The van der Waals surface area contributed by atoms with E-state index in [0.29, 0.717) is 17.8 Å².